The maximum absolute atomic E-state index is 13.3. The third kappa shape index (κ3) is 2.20. The monoisotopic (exact) mass is 411 g/mol. The Morgan fingerprint density at radius 1 is 1.16 bits per heavy atom. The number of benzene rings is 1. The van der Waals surface area contributed by atoms with Gasteiger partial charge in [-0.1, -0.05) is 0 Å². The molecule has 0 N–H and O–H groups in total. The van der Waals surface area contributed by atoms with E-state index in [-0.39, 0.29) is 5.91 Å². The van der Waals surface area contributed by atoms with Crippen LogP contribution in [0.2, 0.25) is 0 Å². The summed E-state index contributed by atoms with van der Waals surface area (Å²) in [7, 11) is 2.05. The van der Waals surface area contributed by atoms with E-state index in [4.69, 9.17) is 4.98 Å². The van der Waals surface area contributed by atoms with Crippen LogP contribution >= 0.6 is 0 Å². The number of fused-ring (bicyclic) bond motifs is 2. The molecule has 3 aliphatic rings. The molecule has 1 saturated heterocycles. The molecule has 1 amide bonds. The first-order chi connectivity index (χ1) is 15.1. The van der Waals surface area contributed by atoms with Gasteiger partial charge in [-0.25, -0.2) is 9.97 Å². The quantitative estimate of drug-likeness (QED) is 0.510. The molecule has 2 aliphatic carbocycles. The van der Waals surface area contributed by atoms with Crippen LogP contribution in [0.1, 0.15) is 30.1 Å². The number of hydrogen-bond acceptors (Lipinski definition) is 3. The van der Waals surface area contributed by atoms with Gasteiger partial charge >= 0.3 is 0 Å². The van der Waals surface area contributed by atoms with Crippen molar-refractivity contribution in [3.05, 3.63) is 48.2 Å². The molecule has 156 valence electrons. The van der Waals surface area contributed by atoms with Crippen LogP contribution in [0.3, 0.4) is 0 Å². The zero-order valence-electron chi connectivity index (χ0n) is 17.8. The molecule has 31 heavy (non-hydrogen) atoms. The molecule has 1 aliphatic heterocycles. The number of nitrogens with zero attached hydrogens (tertiary/aromatic N) is 5. The molecule has 4 aromatic rings. The van der Waals surface area contributed by atoms with Gasteiger partial charge in [-0.2, -0.15) is 0 Å². The maximum atomic E-state index is 13.3. The molecular formula is C25H25N5O. The number of rotatable bonds is 3. The predicted octanol–water partition coefficient (Wildman–Crippen LogP) is 4.09. The van der Waals surface area contributed by atoms with E-state index in [1.165, 1.54) is 12.8 Å². The lowest BCUT2D eigenvalue weighted by atomic mass is 9.53. The Morgan fingerprint density at radius 2 is 2.06 bits per heavy atom. The molecule has 6 nitrogen and oxygen atoms in total. The lowest BCUT2D eigenvalue weighted by Crippen LogP contribution is -2.53. The second kappa shape index (κ2) is 5.96. The molecular weight excluding hydrogens is 386 g/mol. The normalized spacial score (nSPS) is 26.2. The number of likely N-dealkylation sites (tertiary alicyclic amines) is 1. The van der Waals surface area contributed by atoms with Crippen LogP contribution in [0, 0.1) is 17.8 Å². The van der Waals surface area contributed by atoms with Crippen LogP contribution in [0.4, 0.5) is 0 Å². The number of carbonyl (C=O) groups excluding carboxylic acids is 1. The van der Waals surface area contributed by atoms with Gasteiger partial charge in [0.2, 0.25) is 0 Å². The first-order valence-corrected chi connectivity index (χ1v) is 11.4. The number of imidazole rings is 1. The van der Waals surface area contributed by atoms with Gasteiger partial charge in [0.05, 0.1) is 16.7 Å². The van der Waals surface area contributed by atoms with Gasteiger partial charge in [-0.15, -0.1) is 0 Å². The average Bonchev–Trinajstić information content (AvgIpc) is 3.30. The van der Waals surface area contributed by atoms with E-state index in [9.17, 15) is 4.79 Å². The molecule has 0 spiro atoms. The zero-order valence-corrected chi connectivity index (χ0v) is 17.8. The van der Waals surface area contributed by atoms with Crippen LogP contribution in [0.25, 0.3) is 33.6 Å². The Balaban J connectivity index is 1.30. The fourth-order valence-corrected chi connectivity index (χ4v) is 6.52. The molecule has 7 rings (SSSR count). The summed E-state index contributed by atoms with van der Waals surface area (Å²) < 4.78 is 4.33. The van der Waals surface area contributed by atoms with Crippen molar-refractivity contribution in [2.24, 2.45) is 24.8 Å². The molecule has 6 heteroatoms. The van der Waals surface area contributed by atoms with E-state index in [0.717, 1.165) is 70.0 Å². The topological polar surface area (TPSA) is 56.0 Å². The Morgan fingerprint density at radius 3 is 2.87 bits per heavy atom. The van der Waals surface area contributed by atoms with E-state index >= 15 is 0 Å². The zero-order chi connectivity index (χ0) is 20.9. The smallest absolute Gasteiger partial charge is 0.254 e. The van der Waals surface area contributed by atoms with Gasteiger partial charge in [0.15, 0.2) is 5.82 Å². The fourth-order valence-electron chi connectivity index (χ4n) is 6.52. The summed E-state index contributed by atoms with van der Waals surface area (Å²) in [5, 5.41) is 1.12. The summed E-state index contributed by atoms with van der Waals surface area (Å²) in [6.07, 6.45) is 4.37. The Labute approximate surface area is 180 Å². The SMILES string of the molecule is CCn1c(-c2nc3cc(C(=O)N4C[C@H]5CC6C[C@@H]4[C@H]65)ccc3n2C)cc2cccnc21. The lowest BCUT2D eigenvalue weighted by Gasteiger charge is -2.52. The minimum Gasteiger partial charge on any atom is -0.335 e. The van der Waals surface area contributed by atoms with Gasteiger partial charge < -0.3 is 14.0 Å². The van der Waals surface area contributed by atoms with E-state index in [0.29, 0.717) is 6.04 Å². The van der Waals surface area contributed by atoms with E-state index in [2.05, 4.69) is 38.1 Å². The average molecular weight is 412 g/mol. The molecule has 0 bridgehead atoms. The predicted molar refractivity (Wildman–Crippen MR) is 120 cm³/mol. The first kappa shape index (κ1) is 17.5. The van der Waals surface area contributed by atoms with Gasteiger partial charge in [-0.3, -0.25) is 4.79 Å². The highest BCUT2D eigenvalue weighted by Crippen LogP contribution is 2.60. The Kier molecular flexibility index (Phi) is 3.37. The minimum absolute atomic E-state index is 0.179. The van der Waals surface area contributed by atoms with E-state index < -0.39 is 0 Å². The second-order valence-corrected chi connectivity index (χ2v) is 9.48. The van der Waals surface area contributed by atoms with Crippen molar-refractivity contribution in [2.75, 3.05) is 6.54 Å². The molecule has 2 saturated carbocycles. The van der Waals surface area contributed by atoms with Gasteiger partial charge in [0, 0.05) is 43.3 Å². The third-order valence-corrected chi connectivity index (χ3v) is 8.10. The second-order valence-electron chi connectivity index (χ2n) is 9.48. The number of pyridine rings is 1. The van der Waals surface area contributed by atoms with Crippen molar-refractivity contribution in [2.45, 2.75) is 32.4 Å². The van der Waals surface area contributed by atoms with Crippen LogP contribution in [-0.2, 0) is 13.6 Å². The van der Waals surface area contributed by atoms with Gasteiger partial charge in [0.1, 0.15) is 5.65 Å². The number of aromatic nitrogens is 4. The highest BCUT2D eigenvalue weighted by molar-refractivity contribution is 5.98. The van der Waals surface area contributed by atoms with Crippen molar-refractivity contribution < 1.29 is 4.79 Å². The summed E-state index contributed by atoms with van der Waals surface area (Å²) in [5.74, 6) is 3.52. The maximum Gasteiger partial charge on any atom is 0.254 e. The molecule has 3 aromatic heterocycles. The van der Waals surface area contributed by atoms with Crippen molar-refractivity contribution >= 4 is 28.0 Å². The number of carbonyl (C=O) groups is 1. The van der Waals surface area contributed by atoms with Crippen LogP contribution < -0.4 is 0 Å². The largest absolute Gasteiger partial charge is 0.335 e. The third-order valence-electron chi connectivity index (χ3n) is 8.10. The Bertz CT molecular complexity index is 1380. The fraction of sp³-hybridized carbons (Fsp3) is 0.400. The highest BCUT2D eigenvalue weighted by Gasteiger charge is 2.61. The van der Waals surface area contributed by atoms with E-state index in [1.54, 1.807) is 0 Å². The van der Waals surface area contributed by atoms with E-state index in [1.807, 2.05) is 37.5 Å². The van der Waals surface area contributed by atoms with Crippen molar-refractivity contribution in [3.63, 3.8) is 0 Å². The summed E-state index contributed by atoms with van der Waals surface area (Å²) in [5.41, 5.74) is 4.71. The molecule has 1 aromatic carbocycles. The van der Waals surface area contributed by atoms with Gasteiger partial charge in [-0.05, 0) is 73.9 Å². The summed E-state index contributed by atoms with van der Waals surface area (Å²) in [6, 6.07) is 12.7. The highest BCUT2D eigenvalue weighted by atomic mass is 16.2. The summed E-state index contributed by atoms with van der Waals surface area (Å²) >= 11 is 0. The van der Waals surface area contributed by atoms with Gasteiger partial charge in [0.25, 0.3) is 5.91 Å². The number of aryl methyl sites for hydroxylation is 2. The van der Waals surface area contributed by atoms with Crippen molar-refractivity contribution in [3.8, 4) is 11.5 Å². The standard InChI is InChI=1S/C25H25N5O/c1-3-29-21(11-14-5-4-8-26-23(14)29)24-27-18-10-15(6-7-19(18)28(24)2)25(31)30-13-17-9-16-12-20(30)22(16)17/h4-8,10-11,16-17,20,22H,3,9,12-13H2,1-2H3/t16?,17-,20-,22-/m1/s1. The van der Waals surface area contributed by atoms with Crippen molar-refractivity contribution in [1.82, 2.24) is 24.0 Å². The molecule has 4 heterocycles. The van der Waals surface area contributed by atoms with Crippen molar-refractivity contribution in [1.29, 1.82) is 0 Å². The molecule has 4 atom stereocenters. The number of amides is 1. The molecule has 3 fully saturated rings. The summed E-state index contributed by atoms with van der Waals surface area (Å²) in [4.78, 5) is 25.0. The molecule has 0 radical (unpaired) electrons. The summed E-state index contributed by atoms with van der Waals surface area (Å²) in [6.45, 7) is 3.90. The number of hydrogen-bond donors (Lipinski definition) is 0. The van der Waals surface area contributed by atoms with Crippen LogP contribution in [-0.4, -0.2) is 42.5 Å². The molecule has 1 unspecified atom stereocenters. The minimum atomic E-state index is 0.179. The Hall–Kier alpha value is -3.15. The first-order valence-electron chi connectivity index (χ1n) is 11.4. The van der Waals surface area contributed by atoms with Crippen LogP contribution in [0.5, 0.6) is 0 Å². The van der Waals surface area contributed by atoms with Crippen LogP contribution in [0.15, 0.2) is 42.6 Å². The lowest BCUT2D eigenvalue weighted by molar-refractivity contribution is -0.0204.